The van der Waals surface area contributed by atoms with Gasteiger partial charge in [0, 0.05) is 23.5 Å². The zero-order valence-corrected chi connectivity index (χ0v) is 15.6. The second-order valence-corrected chi connectivity index (χ2v) is 7.83. The summed E-state index contributed by atoms with van der Waals surface area (Å²) in [4.78, 5) is 34.7. The van der Waals surface area contributed by atoms with Crippen molar-refractivity contribution in [3.8, 4) is 5.82 Å². The predicted octanol–water partition coefficient (Wildman–Crippen LogP) is 2.53. The number of nitrogens with one attached hydrogen (secondary N) is 2. The van der Waals surface area contributed by atoms with E-state index in [9.17, 15) is 9.59 Å². The smallest absolute Gasteiger partial charge is 0.279 e. The SMILES string of the molecule is CC1CCc2sc(C(=O)NNC(=O)c3ccc(-n4ccnc4)nc3)cc2C1. The molecule has 3 heterocycles. The number of nitrogens with zero attached hydrogens (tertiary/aromatic N) is 3. The Morgan fingerprint density at radius 3 is 2.85 bits per heavy atom. The fraction of sp³-hybridized carbons (Fsp3) is 0.263. The highest BCUT2D eigenvalue weighted by atomic mass is 32.1. The predicted molar refractivity (Wildman–Crippen MR) is 102 cm³/mol. The van der Waals surface area contributed by atoms with Gasteiger partial charge in [-0.25, -0.2) is 9.97 Å². The van der Waals surface area contributed by atoms with Gasteiger partial charge in [-0.1, -0.05) is 6.92 Å². The number of hydrazine groups is 1. The number of fused-ring (bicyclic) bond motifs is 1. The van der Waals surface area contributed by atoms with Crippen LogP contribution in [0, 0.1) is 5.92 Å². The van der Waals surface area contributed by atoms with E-state index >= 15 is 0 Å². The maximum atomic E-state index is 12.3. The summed E-state index contributed by atoms with van der Waals surface area (Å²) in [6.45, 7) is 2.23. The van der Waals surface area contributed by atoms with Gasteiger partial charge in [0.05, 0.1) is 10.4 Å². The molecule has 0 saturated carbocycles. The van der Waals surface area contributed by atoms with Crippen molar-refractivity contribution in [3.05, 3.63) is 64.0 Å². The molecule has 0 bridgehead atoms. The highest BCUT2D eigenvalue weighted by Gasteiger charge is 2.21. The maximum Gasteiger partial charge on any atom is 0.279 e. The zero-order valence-electron chi connectivity index (χ0n) is 14.8. The van der Waals surface area contributed by atoms with Crippen LogP contribution in [-0.2, 0) is 12.8 Å². The van der Waals surface area contributed by atoms with Gasteiger partial charge in [-0.15, -0.1) is 11.3 Å². The molecule has 0 aliphatic heterocycles. The summed E-state index contributed by atoms with van der Waals surface area (Å²) in [5.74, 6) is 0.605. The molecule has 0 saturated heterocycles. The van der Waals surface area contributed by atoms with Crippen LogP contribution < -0.4 is 10.9 Å². The molecule has 7 nitrogen and oxygen atoms in total. The molecule has 1 atom stereocenters. The van der Waals surface area contributed by atoms with Crippen molar-refractivity contribution >= 4 is 23.2 Å². The lowest BCUT2D eigenvalue weighted by Crippen LogP contribution is -2.41. The molecule has 1 aliphatic carbocycles. The first-order chi connectivity index (χ1) is 13.1. The Kier molecular flexibility index (Phi) is 4.72. The zero-order chi connectivity index (χ0) is 18.8. The Bertz CT molecular complexity index is 963. The van der Waals surface area contributed by atoms with Crippen molar-refractivity contribution in [2.75, 3.05) is 0 Å². The number of aryl methyl sites for hydroxylation is 1. The van der Waals surface area contributed by atoms with E-state index in [1.165, 1.54) is 28.0 Å². The molecule has 2 amide bonds. The highest BCUT2D eigenvalue weighted by Crippen LogP contribution is 2.32. The molecule has 2 N–H and O–H groups in total. The molecule has 138 valence electrons. The molecule has 4 rings (SSSR count). The van der Waals surface area contributed by atoms with Crippen LogP contribution in [0.3, 0.4) is 0 Å². The van der Waals surface area contributed by atoms with Crippen LogP contribution in [0.25, 0.3) is 5.82 Å². The minimum atomic E-state index is -0.414. The Labute approximate surface area is 160 Å². The van der Waals surface area contributed by atoms with Crippen molar-refractivity contribution < 1.29 is 9.59 Å². The van der Waals surface area contributed by atoms with Gasteiger partial charge in [0.2, 0.25) is 0 Å². The lowest BCUT2D eigenvalue weighted by Gasteiger charge is -2.16. The number of carbonyl (C=O) groups is 2. The summed E-state index contributed by atoms with van der Waals surface area (Å²) in [6.07, 6.45) is 9.71. The average molecular weight is 381 g/mol. The van der Waals surface area contributed by atoms with Crippen LogP contribution in [0.5, 0.6) is 0 Å². The quantitative estimate of drug-likeness (QED) is 0.683. The highest BCUT2D eigenvalue weighted by molar-refractivity contribution is 7.14. The van der Waals surface area contributed by atoms with Crippen molar-refractivity contribution in [2.45, 2.75) is 26.2 Å². The van der Waals surface area contributed by atoms with E-state index in [0.29, 0.717) is 22.2 Å². The molecule has 0 fully saturated rings. The van der Waals surface area contributed by atoms with Gasteiger partial charge in [-0.2, -0.15) is 0 Å². The summed E-state index contributed by atoms with van der Waals surface area (Å²) in [5, 5.41) is 0. The first-order valence-electron chi connectivity index (χ1n) is 8.77. The number of aromatic nitrogens is 3. The molecule has 0 spiro atoms. The molecule has 1 unspecified atom stereocenters. The van der Waals surface area contributed by atoms with E-state index in [1.54, 1.807) is 35.4 Å². The number of hydrogen-bond donors (Lipinski definition) is 2. The van der Waals surface area contributed by atoms with Crippen LogP contribution in [-0.4, -0.2) is 26.3 Å². The third-order valence-electron chi connectivity index (χ3n) is 4.62. The van der Waals surface area contributed by atoms with Gasteiger partial charge in [0.15, 0.2) is 0 Å². The van der Waals surface area contributed by atoms with E-state index in [1.807, 2.05) is 6.07 Å². The van der Waals surface area contributed by atoms with Gasteiger partial charge >= 0.3 is 0 Å². The first kappa shape index (κ1) is 17.4. The summed E-state index contributed by atoms with van der Waals surface area (Å²) in [6, 6.07) is 5.31. The molecular weight excluding hydrogens is 362 g/mol. The molecule has 1 aliphatic rings. The van der Waals surface area contributed by atoms with Gasteiger partial charge in [0.1, 0.15) is 12.1 Å². The van der Waals surface area contributed by atoms with Gasteiger partial charge in [-0.3, -0.25) is 25.0 Å². The molecule has 27 heavy (non-hydrogen) atoms. The first-order valence-corrected chi connectivity index (χ1v) is 9.58. The van der Waals surface area contributed by atoms with E-state index in [-0.39, 0.29) is 5.91 Å². The number of amides is 2. The Morgan fingerprint density at radius 1 is 1.26 bits per heavy atom. The van der Waals surface area contributed by atoms with E-state index in [2.05, 4.69) is 27.7 Å². The maximum absolute atomic E-state index is 12.3. The lowest BCUT2D eigenvalue weighted by atomic mass is 9.90. The average Bonchev–Trinajstić information content (AvgIpc) is 3.35. The number of thiophene rings is 1. The van der Waals surface area contributed by atoms with Gasteiger partial charge in [0.25, 0.3) is 11.8 Å². The third-order valence-corrected chi connectivity index (χ3v) is 5.86. The number of hydrogen-bond acceptors (Lipinski definition) is 5. The fourth-order valence-corrected chi connectivity index (χ4v) is 4.24. The van der Waals surface area contributed by atoms with Crippen LogP contribution in [0.1, 0.15) is 43.8 Å². The summed E-state index contributed by atoms with van der Waals surface area (Å²) in [7, 11) is 0. The molecule has 3 aromatic heterocycles. The van der Waals surface area contributed by atoms with Crippen LogP contribution in [0.2, 0.25) is 0 Å². The van der Waals surface area contributed by atoms with Crippen molar-refractivity contribution in [1.29, 1.82) is 0 Å². The third kappa shape index (κ3) is 3.75. The number of rotatable bonds is 3. The van der Waals surface area contributed by atoms with Crippen LogP contribution in [0.4, 0.5) is 0 Å². The lowest BCUT2D eigenvalue weighted by molar-refractivity contribution is 0.0848. The number of carbonyl (C=O) groups excluding carboxylic acids is 2. The normalized spacial score (nSPS) is 15.8. The van der Waals surface area contributed by atoms with Crippen molar-refractivity contribution in [3.63, 3.8) is 0 Å². The molecule has 0 aromatic carbocycles. The molecular formula is C19H19N5O2S. The fourth-order valence-electron chi connectivity index (χ4n) is 3.13. The monoisotopic (exact) mass is 381 g/mol. The second kappa shape index (κ2) is 7.32. The Hall–Kier alpha value is -3.00. The van der Waals surface area contributed by atoms with Crippen LogP contribution in [0.15, 0.2) is 43.1 Å². The minimum absolute atomic E-state index is 0.293. The number of pyridine rings is 1. The summed E-state index contributed by atoms with van der Waals surface area (Å²) >= 11 is 1.51. The van der Waals surface area contributed by atoms with Crippen molar-refractivity contribution in [1.82, 2.24) is 25.4 Å². The standard InChI is InChI=1S/C19H19N5O2S/c1-12-2-4-15-14(8-12)9-16(27-15)19(26)23-22-18(25)13-3-5-17(21-10-13)24-7-6-20-11-24/h3,5-7,9-12H,2,4,8H2,1H3,(H,22,25)(H,23,26). The van der Waals surface area contributed by atoms with E-state index in [0.717, 1.165) is 19.3 Å². The minimum Gasteiger partial charge on any atom is -0.291 e. The van der Waals surface area contributed by atoms with Crippen molar-refractivity contribution in [2.24, 2.45) is 5.92 Å². The summed E-state index contributed by atoms with van der Waals surface area (Å²) in [5.41, 5.74) is 6.56. The largest absolute Gasteiger partial charge is 0.291 e. The Morgan fingerprint density at radius 2 is 2.11 bits per heavy atom. The van der Waals surface area contributed by atoms with E-state index < -0.39 is 5.91 Å². The van der Waals surface area contributed by atoms with Gasteiger partial charge < -0.3 is 0 Å². The summed E-state index contributed by atoms with van der Waals surface area (Å²) < 4.78 is 1.74. The topological polar surface area (TPSA) is 88.9 Å². The molecule has 3 aromatic rings. The van der Waals surface area contributed by atoms with Crippen LogP contribution >= 0.6 is 11.3 Å². The van der Waals surface area contributed by atoms with E-state index in [4.69, 9.17) is 0 Å². The van der Waals surface area contributed by atoms with Gasteiger partial charge in [-0.05, 0) is 48.9 Å². The Balaban J connectivity index is 1.37. The number of imidazole rings is 1. The molecule has 8 heteroatoms. The second-order valence-electron chi connectivity index (χ2n) is 6.69. The molecule has 0 radical (unpaired) electrons.